The first-order valence-corrected chi connectivity index (χ1v) is 5.21. The molecule has 1 saturated heterocycles. The SMILES string of the molecule is C.C.CC.O=C1OC(=O)C2C3C=CC(C3)C12. The Morgan fingerprint density at radius 3 is 1.75 bits per heavy atom. The van der Waals surface area contributed by atoms with E-state index in [4.69, 9.17) is 0 Å². The fourth-order valence-electron chi connectivity index (χ4n) is 2.70. The van der Waals surface area contributed by atoms with E-state index in [1.807, 2.05) is 26.0 Å². The van der Waals surface area contributed by atoms with Crippen molar-refractivity contribution in [2.75, 3.05) is 0 Å². The third kappa shape index (κ3) is 1.79. The van der Waals surface area contributed by atoms with E-state index in [1.165, 1.54) is 0 Å². The highest BCUT2D eigenvalue weighted by Gasteiger charge is 2.57. The number of carbonyl (C=O) groups excluding carboxylic acids is 2. The Kier molecular flexibility index (Phi) is 4.91. The third-order valence-electron chi connectivity index (χ3n) is 3.20. The Bertz CT molecular complexity index is 278. The van der Waals surface area contributed by atoms with Gasteiger partial charge in [-0.2, -0.15) is 0 Å². The lowest BCUT2D eigenvalue weighted by atomic mass is 9.85. The summed E-state index contributed by atoms with van der Waals surface area (Å²) >= 11 is 0. The lowest BCUT2D eigenvalue weighted by Crippen LogP contribution is -2.21. The maximum Gasteiger partial charge on any atom is 0.318 e. The van der Waals surface area contributed by atoms with Crippen LogP contribution in [0.5, 0.6) is 0 Å². The van der Waals surface area contributed by atoms with Gasteiger partial charge in [-0.05, 0) is 18.3 Å². The van der Waals surface area contributed by atoms with Gasteiger partial charge in [0.1, 0.15) is 0 Å². The zero-order chi connectivity index (χ0) is 10.3. The Morgan fingerprint density at radius 2 is 1.38 bits per heavy atom. The molecule has 3 aliphatic rings. The predicted octanol–water partition coefficient (Wildman–Crippen LogP) is 2.81. The summed E-state index contributed by atoms with van der Waals surface area (Å²) in [6, 6.07) is 0. The maximum atomic E-state index is 11.2. The molecule has 0 aromatic rings. The second-order valence-electron chi connectivity index (χ2n) is 3.74. The van der Waals surface area contributed by atoms with Gasteiger partial charge in [0.25, 0.3) is 0 Å². The molecule has 16 heavy (non-hydrogen) atoms. The van der Waals surface area contributed by atoms with E-state index in [2.05, 4.69) is 4.74 Å². The molecule has 1 aliphatic heterocycles. The maximum absolute atomic E-state index is 11.2. The highest BCUT2D eigenvalue weighted by atomic mass is 16.6. The number of carbonyl (C=O) groups is 2. The molecule has 2 bridgehead atoms. The van der Waals surface area contributed by atoms with Gasteiger partial charge in [0.15, 0.2) is 0 Å². The number of hydrogen-bond donors (Lipinski definition) is 0. The predicted molar refractivity (Wildman–Crippen MR) is 63.6 cm³/mol. The minimum atomic E-state index is -0.304. The van der Waals surface area contributed by atoms with Crippen LogP contribution in [0.15, 0.2) is 12.2 Å². The molecule has 3 rings (SSSR count). The van der Waals surface area contributed by atoms with Gasteiger partial charge in [0.2, 0.25) is 0 Å². The average Bonchev–Trinajstić information content (AvgIpc) is 2.84. The van der Waals surface area contributed by atoms with Crippen molar-refractivity contribution in [1.82, 2.24) is 0 Å². The van der Waals surface area contributed by atoms with Crippen LogP contribution in [0.3, 0.4) is 0 Å². The summed E-state index contributed by atoms with van der Waals surface area (Å²) in [6.45, 7) is 4.00. The summed E-state index contributed by atoms with van der Waals surface area (Å²) in [4.78, 5) is 22.4. The van der Waals surface area contributed by atoms with Crippen molar-refractivity contribution in [1.29, 1.82) is 0 Å². The van der Waals surface area contributed by atoms with Crippen molar-refractivity contribution in [3.63, 3.8) is 0 Å². The van der Waals surface area contributed by atoms with Crippen LogP contribution in [0.2, 0.25) is 0 Å². The van der Waals surface area contributed by atoms with Gasteiger partial charge in [-0.15, -0.1) is 0 Å². The second-order valence-corrected chi connectivity index (χ2v) is 3.74. The van der Waals surface area contributed by atoms with Crippen molar-refractivity contribution < 1.29 is 14.3 Å². The summed E-state index contributed by atoms with van der Waals surface area (Å²) in [7, 11) is 0. The second kappa shape index (κ2) is 5.28. The monoisotopic (exact) mass is 226 g/mol. The van der Waals surface area contributed by atoms with Gasteiger partial charge < -0.3 is 4.74 Å². The zero-order valence-electron chi connectivity index (χ0n) is 8.40. The molecule has 2 fully saturated rings. The molecule has 0 aromatic carbocycles. The Morgan fingerprint density at radius 1 is 1.00 bits per heavy atom. The zero-order valence-corrected chi connectivity index (χ0v) is 8.40. The number of cyclic esters (lactones) is 2. The molecule has 0 spiro atoms. The summed E-state index contributed by atoms with van der Waals surface area (Å²) in [5, 5.41) is 0. The first kappa shape index (κ1) is 14.9. The number of hydrogen-bond acceptors (Lipinski definition) is 3. The number of allylic oxidation sites excluding steroid dienone is 2. The summed E-state index contributed by atoms with van der Waals surface area (Å²) < 4.78 is 4.59. The van der Waals surface area contributed by atoms with Crippen LogP contribution in [-0.2, 0) is 14.3 Å². The Hall–Kier alpha value is -1.12. The fraction of sp³-hybridized carbons (Fsp3) is 0.692. The minimum Gasteiger partial charge on any atom is -0.393 e. The van der Waals surface area contributed by atoms with E-state index in [-0.39, 0.29) is 50.5 Å². The van der Waals surface area contributed by atoms with E-state index < -0.39 is 0 Å². The van der Waals surface area contributed by atoms with Crippen LogP contribution >= 0.6 is 0 Å². The van der Waals surface area contributed by atoms with E-state index >= 15 is 0 Å². The average molecular weight is 226 g/mol. The molecule has 1 saturated carbocycles. The van der Waals surface area contributed by atoms with Crippen molar-refractivity contribution in [2.24, 2.45) is 23.7 Å². The lowest BCUT2D eigenvalue weighted by Gasteiger charge is -2.12. The molecule has 1 heterocycles. The van der Waals surface area contributed by atoms with Crippen LogP contribution in [0.4, 0.5) is 0 Å². The summed E-state index contributed by atoms with van der Waals surface area (Å²) in [5.74, 6) is -0.346. The first-order chi connectivity index (χ1) is 6.77. The molecule has 0 amide bonds. The van der Waals surface area contributed by atoms with Crippen molar-refractivity contribution in [2.45, 2.75) is 35.1 Å². The number of ether oxygens (including phenoxy) is 1. The van der Waals surface area contributed by atoms with Crippen LogP contribution in [0, 0.1) is 23.7 Å². The summed E-state index contributed by atoms with van der Waals surface area (Å²) in [6.07, 6.45) is 5.06. The van der Waals surface area contributed by atoms with E-state index in [1.54, 1.807) is 0 Å². The highest BCUT2D eigenvalue weighted by Crippen LogP contribution is 2.51. The highest BCUT2D eigenvalue weighted by molar-refractivity contribution is 5.98. The molecule has 0 radical (unpaired) electrons. The number of fused-ring (bicyclic) bond motifs is 5. The van der Waals surface area contributed by atoms with Gasteiger partial charge >= 0.3 is 11.9 Å². The minimum absolute atomic E-state index is 0. The molecule has 0 N–H and O–H groups in total. The normalized spacial score (nSPS) is 36.6. The number of esters is 2. The molecule has 92 valence electrons. The van der Waals surface area contributed by atoms with Gasteiger partial charge in [-0.25, -0.2) is 0 Å². The molecule has 3 heteroatoms. The first-order valence-electron chi connectivity index (χ1n) is 5.21. The van der Waals surface area contributed by atoms with Gasteiger partial charge in [0, 0.05) is 0 Å². The van der Waals surface area contributed by atoms with Crippen LogP contribution in [-0.4, -0.2) is 11.9 Å². The van der Waals surface area contributed by atoms with Crippen molar-refractivity contribution in [3.05, 3.63) is 12.2 Å². The van der Waals surface area contributed by atoms with Gasteiger partial charge in [-0.3, -0.25) is 9.59 Å². The third-order valence-corrected chi connectivity index (χ3v) is 3.20. The lowest BCUT2D eigenvalue weighted by molar-refractivity contribution is -0.154. The van der Waals surface area contributed by atoms with Crippen LogP contribution in [0.1, 0.15) is 35.1 Å². The molecule has 2 aliphatic carbocycles. The van der Waals surface area contributed by atoms with Crippen LogP contribution in [0.25, 0.3) is 0 Å². The standard InChI is InChI=1S/C9H8O3.C2H6.2CH4/c10-8-6-4-1-2-5(3-4)7(6)9(11)12-8;1-2;;/h1-2,4-7H,3H2;1-2H3;2*1H4. The molecule has 3 nitrogen and oxygen atoms in total. The largest absolute Gasteiger partial charge is 0.393 e. The smallest absolute Gasteiger partial charge is 0.318 e. The molecule has 4 unspecified atom stereocenters. The fourth-order valence-corrected chi connectivity index (χ4v) is 2.70. The number of rotatable bonds is 0. The molecular weight excluding hydrogens is 204 g/mol. The molecule has 4 atom stereocenters. The van der Waals surface area contributed by atoms with Gasteiger partial charge in [-0.1, -0.05) is 40.9 Å². The van der Waals surface area contributed by atoms with E-state index in [9.17, 15) is 9.59 Å². The topological polar surface area (TPSA) is 43.4 Å². The summed E-state index contributed by atoms with van der Waals surface area (Å²) in [5.41, 5.74) is 0. The quantitative estimate of drug-likeness (QED) is 0.362. The van der Waals surface area contributed by atoms with Gasteiger partial charge in [0.05, 0.1) is 11.8 Å². The Labute approximate surface area is 97.9 Å². The molecular formula is C13H22O3. The van der Waals surface area contributed by atoms with E-state index in [0.29, 0.717) is 0 Å². The molecule has 0 aromatic heterocycles. The Balaban J connectivity index is 0.000000536. The van der Waals surface area contributed by atoms with Crippen LogP contribution < -0.4 is 0 Å². The van der Waals surface area contributed by atoms with Crippen molar-refractivity contribution in [3.8, 4) is 0 Å². The van der Waals surface area contributed by atoms with E-state index in [0.717, 1.165) is 6.42 Å². The van der Waals surface area contributed by atoms with Crippen molar-refractivity contribution >= 4 is 11.9 Å².